The predicted molar refractivity (Wildman–Crippen MR) is 117 cm³/mol. The van der Waals surface area contributed by atoms with Crippen LogP contribution >= 0.6 is 0 Å². The lowest BCUT2D eigenvalue weighted by Crippen LogP contribution is -2.72. The fourth-order valence-corrected chi connectivity index (χ4v) is 5.40. The maximum absolute atomic E-state index is 14.0. The summed E-state index contributed by atoms with van der Waals surface area (Å²) in [6.07, 6.45) is -2.74. The highest BCUT2D eigenvalue weighted by Gasteiger charge is 2.62. The van der Waals surface area contributed by atoms with Crippen LogP contribution in [0.4, 0.5) is 29.3 Å². The molecule has 178 valence electrons. The van der Waals surface area contributed by atoms with Gasteiger partial charge in [0.05, 0.1) is 24.4 Å². The van der Waals surface area contributed by atoms with Gasteiger partial charge >= 0.3 is 12.2 Å². The monoisotopic (exact) mass is 473 g/mol. The summed E-state index contributed by atoms with van der Waals surface area (Å²) in [4.78, 5) is 42.9. The number of methoxy groups -OCH3 is 1. The van der Waals surface area contributed by atoms with Crippen molar-refractivity contribution in [3.05, 3.63) is 53.6 Å². The highest BCUT2D eigenvalue weighted by Crippen LogP contribution is 2.49. The molecule has 2 aromatic carbocycles. The Labute approximate surface area is 193 Å². The molecule has 3 aliphatic heterocycles. The number of urea groups is 1. The largest absolute Gasteiger partial charge is 0.497 e. The number of carbonyl (C=O) groups is 3. The molecule has 0 aromatic heterocycles. The molecule has 7 nitrogen and oxygen atoms in total. The maximum Gasteiger partial charge on any atom is 0.416 e. The van der Waals surface area contributed by atoms with Crippen molar-refractivity contribution in [2.45, 2.75) is 37.9 Å². The van der Waals surface area contributed by atoms with Gasteiger partial charge in [-0.15, -0.1) is 0 Å². The number of alkyl halides is 3. The van der Waals surface area contributed by atoms with Crippen molar-refractivity contribution in [3.8, 4) is 5.75 Å². The highest BCUT2D eigenvalue weighted by molar-refractivity contribution is 6.30. The smallest absolute Gasteiger partial charge is 0.416 e. The first-order valence-corrected chi connectivity index (χ1v) is 11.0. The number of anilines is 2. The van der Waals surface area contributed by atoms with Gasteiger partial charge in [0.25, 0.3) is 5.91 Å². The molecular weight excluding hydrogens is 451 g/mol. The van der Waals surface area contributed by atoms with E-state index in [2.05, 4.69) is 5.32 Å². The molecule has 0 unspecified atom stereocenters. The summed E-state index contributed by atoms with van der Waals surface area (Å²) in [5.41, 5.74) is -1.47. The number of halogens is 3. The van der Waals surface area contributed by atoms with Gasteiger partial charge in [-0.3, -0.25) is 14.9 Å². The second kappa shape index (κ2) is 7.75. The van der Waals surface area contributed by atoms with E-state index >= 15 is 0 Å². The molecule has 0 radical (unpaired) electrons. The average Bonchev–Trinajstić information content (AvgIpc) is 2.82. The van der Waals surface area contributed by atoms with Gasteiger partial charge in [-0.2, -0.15) is 13.2 Å². The van der Waals surface area contributed by atoms with E-state index in [1.807, 2.05) is 4.90 Å². The summed E-state index contributed by atoms with van der Waals surface area (Å²) < 4.78 is 45.5. The summed E-state index contributed by atoms with van der Waals surface area (Å²) in [7, 11) is 1.48. The zero-order chi connectivity index (χ0) is 24.3. The zero-order valence-corrected chi connectivity index (χ0v) is 18.3. The molecule has 2 fully saturated rings. The Morgan fingerprint density at radius 3 is 2.47 bits per heavy atom. The molecule has 10 heteroatoms. The van der Waals surface area contributed by atoms with Crippen LogP contribution in [0.3, 0.4) is 0 Å². The summed E-state index contributed by atoms with van der Waals surface area (Å²) in [5, 5.41) is 2.30. The first-order chi connectivity index (χ1) is 16.2. The lowest BCUT2D eigenvalue weighted by atomic mass is 9.66. The Morgan fingerprint density at radius 1 is 1.06 bits per heavy atom. The van der Waals surface area contributed by atoms with Crippen molar-refractivity contribution in [3.63, 3.8) is 0 Å². The number of benzene rings is 2. The number of carbonyl (C=O) groups excluding carboxylic acids is 3. The van der Waals surface area contributed by atoms with Gasteiger partial charge in [0.1, 0.15) is 5.75 Å². The third-order valence-corrected chi connectivity index (χ3v) is 7.00. The van der Waals surface area contributed by atoms with E-state index in [4.69, 9.17) is 4.74 Å². The SMILES string of the molecule is COc1ccc(N2C(=O)NC(=O)[C@@]3(Cc4cc(C(F)(F)F)ccc4N4CCCC[C@H]43)C2=O)cc1. The highest BCUT2D eigenvalue weighted by atomic mass is 19.4. The standard InChI is InChI=1S/C24H22F3N3O4/c1-34-17-8-6-16(7-9-17)30-21(32)23(20(31)28-22(30)33)13-14-12-15(24(25,26)27)5-10-18(14)29-11-3-2-4-19(23)29/h5-10,12,19H,2-4,11,13H2,1H3,(H,28,31,33)/t19-,23-/m0/s1. The number of amides is 4. The summed E-state index contributed by atoms with van der Waals surface area (Å²) in [5.74, 6) is -0.984. The predicted octanol–water partition coefficient (Wildman–Crippen LogP) is 3.90. The quantitative estimate of drug-likeness (QED) is 0.670. The van der Waals surface area contributed by atoms with E-state index in [9.17, 15) is 27.6 Å². The van der Waals surface area contributed by atoms with Crippen molar-refractivity contribution in [2.24, 2.45) is 5.41 Å². The van der Waals surface area contributed by atoms with E-state index in [-0.39, 0.29) is 17.7 Å². The lowest BCUT2D eigenvalue weighted by Gasteiger charge is -2.53. The number of ether oxygens (including phenoxy) is 1. The van der Waals surface area contributed by atoms with Crippen molar-refractivity contribution in [1.82, 2.24) is 5.32 Å². The minimum Gasteiger partial charge on any atom is -0.497 e. The zero-order valence-electron chi connectivity index (χ0n) is 18.3. The van der Waals surface area contributed by atoms with Crippen LogP contribution < -0.4 is 19.9 Å². The van der Waals surface area contributed by atoms with Crippen LogP contribution in [0.2, 0.25) is 0 Å². The Hall–Kier alpha value is -3.56. The number of hydrogen-bond donors (Lipinski definition) is 1. The Morgan fingerprint density at radius 2 is 1.79 bits per heavy atom. The molecule has 2 saturated heterocycles. The molecule has 1 N–H and O–H groups in total. The number of fused-ring (bicyclic) bond motifs is 4. The van der Waals surface area contributed by atoms with E-state index in [1.54, 1.807) is 12.1 Å². The molecule has 0 bridgehead atoms. The second-order valence-corrected chi connectivity index (χ2v) is 8.79. The van der Waals surface area contributed by atoms with Gasteiger partial charge in [0.15, 0.2) is 5.41 Å². The molecular formula is C24H22F3N3O4. The molecule has 0 aliphatic carbocycles. The van der Waals surface area contributed by atoms with Crippen LogP contribution in [0.1, 0.15) is 30.4 Å². The van der Waals surface area contributed by atoms with E-state index in [0.717, 1.165) is 29.9 Å². The van der Waals surface area contributed by atoms with Gasteiger partial charge in [-0.1, -0.05) is 0 Å². The van der Waals surface area contributed by atoms with Crippen LogP contribution in [0.25, 0.3) is 0 Å². The topological polar surface area (TPSA) is 79.0 Å². The summed E-state index contributed by atoms with van der Waals surface area (Å²) in [6, 6.07) is 8.20. The van der Waals surface area contributed by atoms with E-state index < -0.39 is 41.0 Å². The van der Waals surface area contributed by atoms with E-state index in [0.29, 0.717) is 24.4 Å². The maximum atomic E-state index is 14.0. The second-order valence-electron chi connectivity index (χ2n) is 8.79. The van der Waals surface area contributed by atoms with Gasteiger partial charge in [0.2, 0.25) is 5.91 Å². The molecule has 0 saturated carbocycles. The Balaban J connectivity index is 1.64. The number of nitrogens with one attached hydrogen (secondary N) is 1. The molecule has 1 spiro atoms. The van der Waals surface area contributed by atoms with Crippen LogP contribution in [-0.2, 0) is 22.2 Å². The number of nitrogens with zero attached hydrogens (tertiary/aromatic N) is 2. The van der Waals surface area contributed by atoms with Crippen molar-refractivity contribution in [1.29, 1.82) is 0 Å². The number of barbiturate groups is 1. The average molecular weight is 473 g/mol. The third-order valence-electron chi connectivity index (χ3n) is 7.00. The number of piperidine rings is 1. The number of imide groups is 2. The lowest BCUT2D eigenvalue weighted by molar-refractivity contribution is -0.145. The normalized spacial score (nSPS) is 24.6. The fraction of sp³-hybridized carbons (Fsp3) is 0.375. The molecule has 5 rings (SSSR count). The molecule has 2 aromatic rings. The van der Waals surface area contributed by atoms with Gasteiger partial charge in [-0.05, 0) is 73.7 Å². The van der Waals surface area contributed by atoms with Gasteiger partial charge in [-0.25, -0.2) is 9.69 Å². The molecule has 3 aliphatic rings. The van der Waals surface area contributed by atoms with Crippen molar-refractivity contribution in [2.75, 3.05) is 23.5 Å². The molecule has 4 amide bonds. The van der Waals surface area contributed by atoms with Crippen molar-refractivity contribution >= 4 is 29.2 Å². The summed E-state index contributed by atoms with van der Waals surface area (Å²) >= 11 is 0. The van der Waals surface area contributed by atoms with Crippen molar-refractivity contribution < 1.29 is 32.3 Å². The fourth-order valence-electron chi connectivity index (χ4n) is 5.40. The van der Waals surface area contributed by atoms with E-state index in [1.165, 1.54) is 25.3 Å². The van der Waals surface area contributed by atoms with Crippen LogP contribution in [0.15, 0.2) is 42.5 Å². The Kier molecular flexibility index (Phi) is 5.07. The number of rotatable bonds is 2. The molecule has 2 atom stereocenters. The van der Waals surface area contributed by atoms with Crippen LogP contribution in [-0.4, -0.2) is 37.5 Å². The number of hydrogen-bond acceptors (Lipinski definition) is 5. The Bertz CT molecular complexity index is 1180. The van der Waals surface area contributed by atoms with Gasteiger partial charge < -0.3 is 9.64 Å². The first-order valence-electron chi connectivity index (χ1n) is 11.0. The third kappa shape index (κ3) is 3.23. The minimum atomic E-state index is -4.56. The van der Waals surface area contributed by atoms with Gasteiger partial charge in [0, 0.05) is 12.2 Å². The van der Waals surface area contributed by atoms with Crippen LogP contribution in [0, 0.1) is 5.41 Å². The summed E-state index contributed by atoms with van der Waals surface area (Å²) in [6.45, 7) is 0.502. The first kappa shape index (κ1) is 22.2. The minimum absolute atomic E-state index is 0.224. The molecule has 34 heavy (non-hydrogen) atoms. The van der Waals surface area contributed by atoms with Crippen LogP contribution in [0.5, 0.6) is 5.75 Å². The molecule has 3 heterocycles.